The molecule has 0 heterocycles. The molecule has 0 aliphatic heterocycles. The van der Waals surface area contributed by atoms with Gasteiger partial charge in [-0.15, -0.1) is 0 Å². The molecular formula is C15H31N3. The van der Waals surface area contributed by atoms with Gasteiger partial charge in [0.25, 0.3) is 0 Å². The van der Waals surface area contributed by atoms with Crippen LogP contribution in [0.3, 0.4) is 0 Å². The van der Waals surface area contributed by atoms with E-state index in [0.29, 0.717) is 12.0 Å². The highest BCUT2D eigenvalue weighted by Crippen LogP contribution is 2.22. The summed E-state index contributed by atoms with van der Waals surface area (Å²) >= 11 is 0. The van der Waals surface area contributed by atoms with Gasteiger partial charge in [0.2, 0.25) is 0 Å². The minimum Gasteiger partial charge on any atom is -0.312 e. The Morgan fingerprint density at radius 3 is 2.11 bits per heavy atom. The van der Waals surface area contributed by atoms with Crippen LogP contribution >= 0.6 is 0 Å². The number of amidine groups is 1. The van der Waals surface area contributed by atoms with Crippen LogP contribution in [-0.4, -0.2) is 11.9 Å². The van der Waals surface area contributed by atoms with Crippen LogP contribution in [-0.2, 0) is 0 Å². The second-order valence-corrected chi connectivity index (χ2v) is 5.58. The molecule has 0 bridgehead atoms. The Morgan fingerprint density at radius 1 is 1.11 bits per heavy atom. The smallest absolute Gasteiger partial charge is 0.114 e. The van der Waals surface area contributed by atoms with Crippen LogP contribution in [0.1, 0.15) is 78.1 Å². The van der Waals surface area contributed by atoms with Gasteiger partial charge in [-0.05, 0) is 25.7 Å². The number of hydrazine groups is 1. The zero-order valence-electron chi connectivity index (χ0n) is 12.3. The first-order valence-corrected chi connectivity index (χ1v) is 7.86. The summed E-state index contributed by atoms with van der Waals surface area (Å²) < 4.78 is 0. The van der Waals surface area contributed by atoms with Crippen LogP contribution in [0.4, 0.5) is 0 Å². The first-order chi connectivity index (χ1) is 8.81. The van der Waals surface area contributed by atoms with Crippen LogP contribution < -0.4 is 11.3 Å². The fourth-order valence-electron chi connectivity index (χ4n) is 2.96. The third kappa shape index (κ3) is 5.38. The summed E-state index contributed by atoms with van der Waals surface area (Å²) in [5.41, 5.74) is 2.89. The van der Waals surface area contributed by atoms with Crippen molar-refractivity contribution in [3.8, 4) is 0 Å². The number of rotatable bonds is 6. The molecule has 0 aromatic rings. The Bertz CT molecular complexity index is 224. The highest BCUT2D eigenvalue weighted by molar-refractivity contribution is 5.84. The van der Waals surface area contributed by atoms with Crippen LogP contribution in [0.2, 0.25) is 0 Å². The van der Waals surface area contributed by atoms with Crippen molar-refractivity contribution in [3.63, 3.8) is 0 Å². The first-order valence-electron chi connectivity index (χ1n) is 7.86. The van der Waals surface area contributed by atoms with Crippen molar-refractivity contribution >= 4 is 5.84 Å². The van der Waals surface area contributed by atoms with E-state index in [1.165, 1.54) is 64.2 Å². The number of nitrogens with two attached hydrogens (primary N) is 1. The Balaban J connectivity index is 2.64. The lowest BCUT2D eigenvalue weighted by molar-refractivity contribution is 0.524. The van der Waals surface area contributed by atoms with Gasteiger partial charge in [0.05, 0.1) is 6.04 Å². The van der Waals surface area contributed by atoms with Crippen LogP contribution in [0, 0.1) is 5.92 Å². The van der Waals surface area contributed by atoms with E-state index in [2.05, 4.69) is 19.3 Å². The Labute approximate surface area is 113 Å². The lowest BCUT2D eigenvalue weighted by Gasteiger charge is -2.20. The molecular weight excluding hydrogens is 222 g/mol. The summed E-state index contributed by atoms with van der Waals surface area (Å²) in [4.78, 5) is 4.93. The maximum absolute atomic E-state index is 5.71. The van der Waals surface area contributed by atoms with Gasteiger partial charge < -0.3 is 5.43 Å². The molecule has 0 aromatic heterocycles. The van der Waals surface area contributed by atoms with E-state index >= 15 is 0 Å². The lowest BCUT2D eigenvalue weighted by atomic mass is 9.96. The summed E-state index contributed by atoms with van der Waals surface area (Å²) in [5.74, 6) is 7.31. The Hall–Kier alpha value is -0.570. The van der Waals surface area contributed by atoms with E-state index in [1.807, 2.05) is 0 Å². The zero-order valence-corrected chi connectivity index (χ0v) is 12.3. The second kappa shape index (κ2) is 9.37. The molecule has 3 nitrogen and oxygen atoms in total. The van der Waals surface area contributed by atoms with Gasteiger partial charge in [0.1, 0.15) is 5.84 Å². The molecule has 3 heteroatoms. The number of hydrogen-bond acceptors (Lipinski definition) is 2. The SMILES string of the molecule is CCCC(CCC)C(=NC1CCCCCC1)NN. The number of nitrogens with one attached hydrogen (secondary N) is 1. The molecule has 0 atom stereocenters. The molecule has 1 rings (SSSR count). The molecule has 18 heavy (non-hydrogen) atoms. The number of nitrogens with zero attached hydrogens (tertiary/aromatic N) is 1. The largest absolute Gasteiger partial charge is 0.312 e. The molecule has 0 amide bonds. The lowest BCUT2D eigenvalue weighted by Crippen LogP contribution is -2.37. The van der Waals surface area contributed by atoms with E-state index < -0.39 is 0 Å². The molecule has 1 saturated carbocycles. The Morgan fingerprint density at radius 2 is 1.67 bits per heavy atom. The predicted molar refractivity (Wildman–Crippen MR) is 79.6 cm³/mol. The molecule has 0 aromatic carbocycles. The van der Waals surface area contributed by atoms with E-state index in [1.54, 1.807) is 0 Å². The van der Waals surface area contributed by atoms with Crippen molar-refractivity contribution in [1.82, 2.24) is 5.43 Å². The summed E-state index contributed by atoms with van der Waals surface area (Å²) in [7, 11) is 0. The molecule has 1 aliphatic carbocycles. The quantitative estimate of drug-likeness (QED) is 0.249. The summed E-state index contributed by atoms with van der Waals surface area (Å²) in [6.45, 7) is 4.48. The zero-order chi connectivity index (χ0) is 13.2. The van der Waals surface area contributed by atoms with E-state index in [9.17, 15) is 0 Å². The van der Waals surface area contributed by atoms with E-state index in [4.69, 9.17) is 10.8 Å². The average Bonchev–Trinajstić information content (AvgIpc) is 2.64. The monoisotopic (exact) mass is 253 g/mol. The van der Waals surface area contributed by atoms with Crippen molar-refractivity contribution in [2.75, 3.05) is 0 Å². The molecule has 1 aliphatic rings. The molecule has 3 N–H and O–H groups in total. The van der Waals surface area contributed by atoms with Gasteiger partial charge in [-0.2, -0.15) is 0 Å². The van der Waals surface area contributed by atoms with Crippen molar-refractivity contribution in [1.29, 1.82) is 0 Å². The van der Waals surface area contributed by atoms with Crippen molar-refractivity contribution in [2.24, 2.45) is 16.8 Å². The molecule has 0 unspecified atom stereocenters. The van der Waals surface area contributed by atoms with Gasteiger partial charge in [-0.25, -0.2) is 5.84 Å². The van der Waals surface area contributed by atoms with E-state index in [0.717, 1.165) is 5.84 Å². The summed E-state index contributed by atoms with van der Waals surface area (Å²) in [5, 5.41) is 0. The van der Waals surface area contributed by atoms with Crippen molar-refractivity contribution < 1.29 is 0 Å². The van der Waals surface area contributed by atoms with Gasteiger partial charge in [-0.1, -0.05) is 52.4 Å². The highest BCUT2D eigenvalue weighted by Gasteiger charge is 2.17. The Kier molecular flexibility index (Phi) is 8.06. The third-order valence-corrected chi connectivity index (χ3v) is 3.96. The van der Waals surface area contributed by atoms with Crippen LogP contribution in [0.5, 0.6) is 0 Å². The molecule has 106 valence electrons. The third-order valence-electron chi connectivity index (χ3n) is 3.96. The van der Waals surface area contributed by atoms with Crippen LogP contribution in [0.15, 0.2) is 4.99 Å². The maximum atomic E-state index is 5.71. The second-order valence-electron chi connectivity index (χ2n) is 5.58. The minimum atomic E-state index is 0.509. The fourth-order valence-corrected chi connectivity index (χ4v) is 2.96. The minimum absolute atomic E-state index is 0.509. The summed E-state index contributed by atoms with van der Waals surface area (Å²) in [6, 6.07) is 0.509. The van der Waals surface area contributed by atoms with Gasteiger partial charge in [0.15, 0.2) is 0 Å². The summed E-state index contributed by atoms with van der Waals surface area (Å²) in [6.07, 6.45) is 12.7. The van der Waals surface area contributed by atoms with Gasteiger partial charge in [0, 0.05) is 5.92 Å². The van der Waals surface area contributed by atoms with Gasteiger partial charge in [-0.3, -0.25) is 4.99 Å². The van der Waals surface area contributed by atoms with Crippen molar-refractivity contribution in [2.45, 2.75) is 84.1 Å². The number of aliphatic imine (C=N–C) groups is 1. The van der Waals surface area contributed by atoms with Crippen LogP contribution in [0.25, 0.3) is 0 Å². The predicted octanol–water partition coefficient (Wildman–Crippen LogP) is 3.79. The fraction of sp³-hybridized carbons (Fsp3) is 0.933. The highest BCUT2D eigenvalue weighted by atomic mass is 15.3. The normalized spacial score (nSPS) is 19.0. The topological polar surface area (TPSA) is 50.4 Å². The average molecular weight is 253 g/mol. The van der Waals surface area contributed by atoms with Crippen molar-refractivity contribution in [3.05, 3.63) is 0 Å². The standard InChI is InChI=1S/C15H31N3/c1-3-9-13(10-4-2)15(18-16)17-14-11-7-5-6-8-12-14/h13-14H,3-12,16H2,1-2H3,(H,17,18). The molecule has 1 fully saturated rings. The molecule has 0 radical (unpaired) electrons. The van der Waals surface area contributed by atoms with E-state index in [-0.39, 0.29) is 0 Å². The number of hydrogen-bond donors (Lipinski definition) is 2. The maximum Gasteiger partial charge on any atom is 0.114 e. The molecule has 0 spiro atoms. The van der Waals surface area contributed by atoms with Gasteiger partial charge >= 0.3 is 0 Å². The first kappa shape index (κ1) is 15.5. The molecule has 0 saturated heterocycles.